The van der Waals surface area contributed by atoms with Crippen molar-refractivity contribution in [3.63, 3.8) is 0 Å². The fourth-order valence-corrected chi connectivity index (χ4v) is 2.72. The quantitative estimate of drug-likeness (QED) is 0.351. The molecular formula is C16H10F6N2O3. The lowest BCUT2D eigenvalue weighted by molar-refractivity contribution is -0.385. The number of alkyl halides is 6. The van der Waals surface area contributed by atoms with Gasteiger partial charge in [-0.25, -0.2) is 0 Å². The van der Waals surface area contributed by atoms with E-state index in [9.17, 15) is 41.3 Å². The maximum atomic E-state index is 13.9. The summed E-state index contributed by atoms with van der Waals surface area (Å²) < 4.78 is 83.2. The topological polar surface area (TPSA) is 72.2 Å². The predicted molar refractivity (Wildman–Crippen MR) is 82.1 cm³/mol. The fourth-order valence-electron chi connectivity index (χ4n) is 2.72. The lowest BCUT2D eigenvalue weighted by atomic mass is 9.72. The van der Waals surface area contributed by atoms with Gasteiger partial charge in [-0.05, 0) is 23.3 Å². The molecular weight excluding hydrogens is 382 g/mol. The number of carbonyl (C=O) groups excluding carboxylic acids is 1. The van der Waals surface area contributed by atoms with Gasteiger partial charge in [-0.3, -0.25) is 14.9 Å². The largest absolute Gasteiger partial charge is 0.411 e. The zero-order valence-electron chi connectivity index (χ0n) is 13.1. The fraction of sp³-hybridized carbons (Fsp3) is 0.188. The molecule has 27 heavy (non-hydrogen) atoms. The number of anilines is 1. The van der Waals surface area contributed by atoms with Crippen molar-refractivity contribution in [2.45, 2.75) is 17.8 Å². The molecule has 0 spiro atoms. The summed E-state index contributed by atoms with van der Waals surface area (Å²) in [5.74, 6) is 0. The molecule has 2 rings (SSSR count). The summed E-state index contributed by atoms with van der Waals surface area (Å²) in [6, 6.07) is 5.18. The third-order valence-corrected chi connectivity index (χ3v) is 3.88. The van der Waals surface area contributed by atoms with Crippen molar-refractivity contribution >= 4 is 17.8 Å². The van der Waals surface area contributed by atoms with Gasteiger partial charge in [0.25, 0.3) is 5.69 Å². The highest BCUT2D eigenvalue weighted by Crippen LogP contribution is 2.56. The molecule has 0 heterocycles. The number of hydrogen-bond donors (Lipinski definition) is 1. The van der Waals surface area contributed by atoms with Crippen LogP contribution in [0.2, 0.25) is 0 Å². The van der Waals surface area contributed by atoms with Gasteiger partial charge in [-0.15, -0.1) is 0 Å². The normalized spacial score (nSPS) is 12.5. The van der Waals surface area contributed by atoms with Gasteiger partial charge in [-0.2, -0.15) is 26.3 Å². The van der Waals surface area contributed by atoms with Crippen LogP contribution in [-0.4, -0.2) is 23.7 Å². The molecule has 0 unspecified atom stereocenters. The number of nitrogens with one attached hydrogen (secondary N) is 1. The number of non-ortho nitro benzene ring substituents is 1. The zero-order chi connectivity index (χ0) is 20.5. The molecule has 1 amide bonds. The second kappa shape index (κ2) is 6.89. The molecule has 0 atom stereocenters. The van der Waals surface area contributed by atoms with Crippen molar-refractivity contribution in [1.82, 2.24) is 0 Å². The van der Waals surface area contributed by atoms with Crippen LogP contribution in [0.25, 0.3) is 0 Å². The van der Waals surface area contributed by atoms with E-state index in [1.54, 1.807) is 0 Å². The summed E-state index contributed by atoms with van der Waals surface area (Å²) in [7, 11) is 0. The minimum atomic E-state index is -5.86. The van der Waals surface area contributed by atoms with Gasteiger partial charge < -0.3 is 5.32 Å². The summed E-state index contributed by atoms with van der Waals surface area (Å²) in [6.07, 6.45) is -11.5. The third kappa shape index (κ3) is 3.44. The SMILES string of the molecule is O=CNc1ccc(C(c2cccc([N+](=O)[O-])c2)(C(F)(F)F)C(F)(F)F)cc1. The molecule has 11 heteroatoms. The van der Waals surface area contributed by atoms with Crippen molar-refractivity contribution in [2.75, 3.05) is 5.32 Å². The molecule has 144 valence electrons. The molecule has 0 fully saturated rings. The Morgan fingerprint density at radius 1 is 0.889 bits per heavy atom. The molecule has 2 aromatic rings. The number of hydrogen-bond acceptors (Lipinski definition) is 3. The number of halogens is 6. The third-order valence-electron chi connectivity index (χ3n) is 3.88. The summed E-state index contributed by atoms with van der Waals surface area (Å²) in [5.41, 5.74) is -7.96. The first-order valence-corrected chi connectivity index (χ1v) is 7.14. The van der Waals surface area contributed by atoms with Gasteiger partial charge in [-0.1, -0.05) is 24.3 Å². The van der Waals surface area contributed by atoms with Gasteiger partial charge >= 0.3 is 12.4 Å². The van der Waals surface area contributed by atoms with Crippen LogP contribution in [0.15, 0.2) is 48.5 Å². The minimum absolute atomic E-state index is 0.0222. The van der Waals surface area contributed by atoms with Crippen molar-refractivity contribution in [3.8, 4) is 0 Å². The van der Waals surface area contributed by atoms with Crippen LogP contribution in [0, 0.1) is 10.1 Å². The molecule has 0 aromatic heterocycles. The van der Waals surface area contributed by atoms with Gasteiger partial charge in [0.2, 0.25) is 11.8 Å². The van der Waals surface area contributed by atoms with Gasteiger partial charge in [0.05, 0.1) is 4.92 Å². The first-order chi connectivity index (χ1) is 12.4. The summed E-state index contributed by atoms with van der Waals surface area (Å²) >= 11 is 0. The van der Waals surface area contributed by atoms with Gasteiger partial charge in [0.1, 0.15) is 0 Å². The van der Waals surface area contributed by atoms with E-state index in [4.69, 9.17) is 0 Å². The number of rotatable bonds is 5. The number of carbonyl (C=O) groups is 1. The maximum Gasteiger partial charge on any atom is 0.411 e. The van der Waals surface area contributed by atoms with Crippen LogP contribution < -0.4 is 5.32 Å². The van der Waals surface area contributed by atoms with Crippen molar-refractivity contribution in [3.05, 3.63) is 69.8 Å². The van der Waals surface area contributed by atoms with E-state index < -0.39 is 39.5 Å². The Morgan fingerprint density at radius 2 is 1.44 bits per heavy atom. The average molecular weight is 392 g/mol. The monoisotopic (exact) mass is 392 g/mol. The zero-order valence-corrected chi connectivity index (χ0v) is 13.1. The van der Waals surface area contributed by atoms with Crippen molar-refractivity contribution < 1.29 is 36.1 Å². The molecule has 1 N–H and O–H groups in total. The molecule has 5 nitrogen and oxygen atoms in total. The Hall–Kier alpha value is -3.11. The molecule has 0 bridgehead atoms. The minimum Gasteiger partial charge on any atom is -0.329 e. The van der Waals surface area contributed by atoms with Crippen LogP contribution in [0.3, 0.4) is 0 Å². The molecule has 0 aliphatic heterocycles. The molecule has 2 aromatic carbocycles. The van der Waals surface area contributed by atoms with Crippen molar-refractivity contribution in [2.24, 2.45) is 0 Å². The molecule has 0 saturated heterocycles. The number of nitro groups is 1. The van der Waals surface area contributed by atoms with E-state index in [0.29, 0.717) is 18.2 Å². The van der Waals surface area contributed by atoms with Gasteiger partial charge in [0, 0.05) is 17.8 Å². The lowest BCUT2D eigenvalue weighted by Crippen LogP contribution is -2.54. The van der Waals surface area contributed by atoms with Crippen LogP contribution in [0.1, 0.15) is 11.1 Å². The first-order valence-electron chi connectivity index (χ1n) is 7.14. The summed E-state index contributed by atoms with van der Waals surface area (Å²) in [6.45, 7) is 0. The van der Waals surface area contributed by atoms with E-state index in [-0.39, 0.29) is 18.2 Å². The highest BCUT2D eigenvalue weighted by molar-refractivity contribution is 5.71. The van der Waals surface area contributed by atoms with E-state index in [1.165, 1.54) is 0 Å². The van der Waals surface area contributed by atoms with Crippen LogP contribution >= 0.6 is 0 Å². The summed E-state index contributed by atoms with van der Waals surface area (Å²) in [4.78, 5) is 20.1. The standard InChI is InChI=1S/C16H10F6N2O3/c17-15(18,19)14(16(20,21)22,10-4-6-12(7-5-10)23-9-25)11-2-1-3-13(8-11)24(26)27/h1-9H,(H,23,25). The smallest absolute Gasteiger partial charge is 0.329 e. The van der Waals surface area contributed by atoms with Crippen LogP contribution in [-0.2, 0) is 10.2 Å². The Labute approximate surface area is 147 Å². The van der Waals surface area contributed by atoms with E-state index in [2.05, 4.69) is 5.32 Å². The van der Waals surface area contributed by atoms with Crippen molar-refractivity contribution in [1.29, 1.82) is 0 Å². The number of nitrogens with zero attached hydrogens (tertiary/aromatic N) is 1. The number of nitro benzene ring substituents is 1. The van der Waals surface area contributed by atoms with E-state index in [0.717, 1.165) is 24.3 Å². The molecule has 0 radical (unpaired) electrons. The Balaban J connectivity index is 2.85. The highest BCUT2D eigenvalue weighted by Gasteiger charge is 2.72. The Morgan fingerprint density at radius 3 is 1.89 bits per heavy atom. The van der Waals surface area contributed by atoms with Crippen LogP contribution in [0.4, 0.5) is 37.7 Å². The first kappa shape index (κ1) is 20.2. The number of benzene rings is 2. The Kier molecular flexibility index (Phi) is 5.16. The van der Waals surface area contributed by atoms with E-state index >= 15 is 0 Å². The predicted octanol–water partition coefficient (Wildman–Crippen LogP) is 4.57. The Bertz CT molecular complexity index is 832. The number of amides is 1. The van der Waals surface area contributed by atoms with Crippen LogP contribution in [0.5, 0.6) is 0 Å². The highest BCUT2D eigenvalue weighted by atomic mass is 19.4. The average Bonchev–Trinajstić information content (AvgIpc) is 2.55. The second-order valence-electron chi connectivity index (χ2n) is 5.39. The van der Waals surface area contributed by atoms with E-state index in [1.807, 2.05) is 0 Å². The second-order valence-corrected chi connectivity index (χ2v) is 5.39. The maximum absolute atomic E-state index is 13.9. The molecule has 0 aliphatic rings. The summed E-state index contributed by atoms with van der Waals surface area (Å²) in [5, 5.41) is 12.9. The lowest BCUT2D eigenvalue weighted by Gasteiger charge is -2.38. The molecule has 0 aliphatic carbocycles. The molecule has 0 saturated carbocycles. The van der Waals surface area contributed by atoms with Gasteiger partial charge in [0.15, 0.2) is 0 Å².